The third kappa shape index (κ3) is 4.32. The Bertz CT molecular complexity index is 1100. The molecular formula is C15H11BrN2O5S2. The summed E-state index contributed by atoms with van der Waals surface area (Å²) < 4.78 is 48.6. The van der Waals surface area contributed by atoms with Gasteiger partial charge in [0.05, 0.1) is 10.5 Å². The van der Waals surface area contributed by atoms with Gasteiger partial charge in [0.2, 0.25) is 10.0 Å². The van der Waals surface area contributed by atoms with E-state index in [9.17, 15) is 21.6 Å². The Balaban J connectivity index is 2.44. The summed E-state index contributed by atoms with van der Waals surface area (Å²) in [5.41, 5.74) is 0.199. The normalized spacial score (nSPS) is 11.7. The number of benzene rings is 2. The smallest absolute Gasteiger partial charge is 0.239 e. The fourth-order valence-electron chi connectivity index (χ4n) is 2.06. The predicted octanol–water partition coefficient (Wildman–Crippen LogP) is 1.62. The van der Waals surface area contributed by atoms with Gasteiger partial charge in [-0.1, -0.05) is 18.2 Å². The first-order valence-corrected chi connectivity index (χ1v) is 10.6. The van der Waals surface area contributed by atoms with Crippen molar-refractivity contribution in [1.29, 1.82) is 5.26 Å². The van der Waals surface area contributed by atoms with E-state index in [0.29, 0.717) is 4.47 Å². The molecule has 2 N–H and O–H groups in total. The number of sulfone groups is 1. The lowest BCUT2D eigenvalue weighted by Crippen LogP contribution is -2.21. The molecule has 0 unspecified atom stereocenters. The zero-order chi connectivity index (χ0) is 18.8. The van der Waals surface area contributed by atoms with Crippen molar-refractivity contribution in [2.45, 2.75) is 9.79 Å². The number of nitriles is 1. The number of sulfonamides is 1. The molecule has 2 aromatic carbocycles. The van der Waals surface area contributed by atoms with Crippen LogP contribution in [0.1, 0.15) is 15.9 Å². The molecule has 0 aliphatic rings. The first-order chi connectivity index (χ1) is 11.6. The molecule has 0 atom stereocenters. The van der Waals surface area contributed by atoms with Crippen LogP contribution in [0.5, 0.6) is 0 Å². The quantitative estimate of drug-likeness (QED) is 0.698. The van der Waals surface area contributed by atoms with E-state index >= 15 is 0 Å². The molecule has 0 aliphatic carbocycles. The van der Waals surface area contributed by atoms with Crippen LogP contribution in [0.25, 0.3) is 0 Å². The minimum absolute atomic E-state index is 0.0245. The van der Waals surface area contributed by atoms with Crippen molar-refractivity contribution >= 4 is 41.6 Å². The summed E-state index contributed by atoms with van der Waals surface area (Å²) in [7, 11) is -8.53. The molecule has 0 amide bonds. The Kier molecular flexibility index (Phi) is 5.43. The molecule has 130 valence electrons. The van der Waals surface area contributed by atoms with Crippen molar-refractivity contribution in [3.8, 4) is 6.07 Å². The van der Waals surface area contributed by atoms with Crippen LogP contribution < -0.4 is 5.14 Å². The van der Waals surface area contributed by atoms with Gasteiger partial charge in [-0.3, -0.25) is 4.79 Å². The highest BCUT2D eigenvalue weighted by Crippen LogP contribution is 2.23. The van der Waals surface area contributed by atoms with Crippen molar-refractivity contribution in [2.75, 3.05) is 5.75 Å². The minimum Gasteiger partial charge on any atom is -0.293 e. The zero-order valence-corrected chi connectivity index (χ0v) is 15.7. The number of hydrogen-bond donors (Lipinski definition) is 1. The lowest BCUT2D eigenvalue weighted by Gasteiger charge is -2.09. The molecule has 2 aromatic rings. The van der Waals surface area contributed by atoms with E-state index in [0.717, 1.165) is 12.1 Å². The van der Waals surface area contributed by atoms with Gasteiger partial charge in [0.15, 0.2) is 15.6 Å². The monoisotopic (exact) mass is 442 g/mol. The number of nitrogens with zero attached hydrogens (tertiary/aromatic N) is 1. The first-order valence-electron chi connectivity index (χ1n) is 6.63. The van der Waals surface area contributed by atoms with E-state index in [2.05, 4.69) is 15.9 Å². The van der Waals surface area contributed by atoms with E-state index in [1.807, 2.05) is 6.07 Å². The molecule has 0 bridgehead atoms. The number of rotatable bonds is 5. The number of nitrogens with two attached hydrogens (primary N) is 1. The molecule has 0 fully saturated rings. The number of halogens is 1. The minimum atomic E-state index is -4.27. The molecule has 10 heteroatoms. The van der Waals surface area contributed by atoms with Crippen LogP contribution in [0.15, 0.2) is 56.7 Å². The fourth-order valence-corrected chi connectivity index (χ4v) is 5.07. The second-order valence-corrected chi connectivity index (χ2v) is 9.32. The van der Waals surface area contributed by atoms with Crippen molar-refractivity contribution in [3.05, 3.63) is 58.1 Å². The van der Waals surface area contributed by atoms with Crippen molar-refractivity contribution in [1.82, 2.24) is 0 Å². The zero-order valence-electron chi connectivity index (χ0n) is 12.5. The van der Waals surface area contributed by atoms with E-state index < -0.39 is 41.2 Å². The summed E-state index contributed by atoms with van der Waals surface area (Å²) in [4.78, 5) is 11.2. The highest BCUT2D eigenvalue weighted by molar-refractivity contribution is 9.10. The standard InChI is InChI=1S/C15H11BrN2O5S2/c16-12-6-5-10(7-11(12)8-17)13(19)9-24(20,21)14-3-1-2-4-15(14)25(18,22)23/h1-7H,9H2,(H2,18,22,23). The Morgan fingerprint density at radius 2 is 1.68 bits per heavy atom. The molecule has 25 heavy (non-hydrogen) atoms. The highest BCUT2D eigenvalue weighted by atomic mass is 79.9. The number of carbonyl (C=O) groups is 1. The molecule has 0 aromatic heterocycles. The summed E-state index contributed by atoms with van der Waals surface area (Å²) >= 11 is 3.14. The van der Waals surface area contributed by atoms with Crippen LogP contribution in [0, 0.1) is 11.3 Å². The number of Topliss-reactive ketones (excluding diaryl/α,β-unsaturated/α-hetero) is 1. The maximum Gasteiger partial charge on any atom is 0.239 e. The van der Waals surface area contributed by atoms with E-state index in [1.54, 1.807) is 0 Å². The SMILES string of the molecule is N#Cc1cc(C(=O)CS(=O)(=O)c2ccccc2S(N)(=O)=O)ccc1Br. The number of primary sulfonamides is 1. The van der Waals surface area contributed by atoms with Gasteiger partial charge in [0.1, 0.15) is 16.7 Å². The summed E-state index contributed by atoms with van der Waals surface area (Å²) in [6.07, 6.45) is 0. The molecule has 0 saturated carbocycles. The number of ketones is 1. The molecule has 0 aliphatic heterocycles. The lowest BCUT2D eigenvalue weighted by molar-refractivity contribution is 0.102. The Morgan fingerprint density at radius 1 is 1.08 bits per heavy atom. The lowest BCUT2D eigenvalue weighted by atomic mass is 10.1. The third-order valence-corrected chi connectivity index (χ3v) is 6.68. The van der Waals surface area contributed by atoms with Crippen LogP contribution in [0.2, 0.25) is 0 Å². The van der Waals surface area contributed by atoms with Crippen LogP contribution >= 0.6 is 15.9 Å². The fraction of sp³-hybridized carbons (Fsp3) is 0.0667. The van der Waals surface area contributed by atoms with Crippen molar-refractivity contribution in [2.24, 2.45) is 5.14 Å². The molecule has 2 rings (SSSR count). The van der Waals surface area contributed by atoms with Gasteiger partial charge in [-0.25, -0.2) is 22.0 Å². The molecule has 0 saturated heterocycles. The largest absolute Gasteiger partial charge is 0.293 e. The van der Waals surface area contributed by atoms with Crippen LogP contribution in [0.4, 0.5) is 0 Å². The average molecular weight is 443 g/mol. The molecule has 0 radical (unpaired) electrons. The Morgan fingerprint density at radius 3 is 2.24 bits per heavy atom. The predicted molar refractivity (Wildman–Crippen MR) is 93.1 cm³/mol. The van der Waals surface area contributed by atoms with Gasteiger partial charge in [0.25, 0.3) is 0 Å². The molecule has 0 heterocycles. The summed E-state index contributed by atoms with van der Waals surface area (Å²) in [6.45, 7) is 0. The first kappa shape index (κ1) is 19.3. The van der Waals surface area contributed by atoms with E-state index in [-0.39, 0.29) is 11.1 Å². The molecule has 0 spiro atoms. The van der Waals surface area contributed by atoms with Crippen molar-refractivity contribution in [3.63, 3.8) is 0 Å². The topological polar surface area (TPSA) is 135 Å². The van der Waals surface area contributed by atoms with Gasteiger partial charge in [-0.2, -0.15) is 5.26 Å². The summed E-state index contributed by atoms with van der Waals surface area (Å²) in [5, 5.41) is 14.0. The van der Waals surface area contributed by atoms with Gasteiger partial charge in [0, 0.05) is 10.0 Å². The van der Waals surface area contributed by atoms with Gasteiger partial charge >= 0.3 is 0 Å². The number of carbonyl (C=O) groups excluding carboxylic acids is 1. The second kappa shape index (κ2) is 7.05. The van der Waals surface area contributed by atoms with E-state index in [4.69, 9.17) is 10.4 Å². The van der Waals surface area contributed by atoms with Crippen LogP contribution in [-0.4, -0.2) is 28.4 Å². The van der Waals surface area contributed by atoms with E-state index in [1.165, 1.54) is 30.3 Å². The third-order valence-electron chi connectivity index (χ3n) is 3.22. The van der Waals surface area contributed by atoms with Gasteiger partial charge in [-0.15, -0.1) is 0 Å². The van der Waals surface area contributed by atoms with Crippen molar-refractivity contribution < 1.29 is 21.6 Å². The van der Waals surface area contributed by atoms with Gasteiger partial charge < -0.3 is 0 Å². The highest BCUT2D eigenvalue weighted by Gasteiger charge is 2.27. The summed E-state index contributed by atoms with van der Waals surface area (Å²) in [6, 6.07) is 10.7. The Hall–Kier alpha value is -2.06. The summed E-state index contributed by atoms with van der Waals surface area (Å²) in [5.74, 6) is -1.72. The number of hydrogen-bond acceptors (Lipinski definition) is 6. The van der Waals surface area contributed by atoms with Crippen LogP contribution in [-0.2, 0) is 19.9 Å². The average Bonchev–Trinajstić information content (AvgIpc) is 2.54. The van der Waals surface area contributed by atoms with Gasteiger partial charge in [-0.05, 0) is 40.2 Å². The Labute approximate surface area is 153 Å². The van der Waals surface area contributed by atoms with Crippen LogP contribution in [0.3, 0.4) is 0 Å². The molecule has 7 nitrogen and oxygen atoms in total. The maximum absolute atomic E-state index is 12.5. The molecular weight excluding hydrogens is 432 g/mol. The second-order valence-electron chi connectivity index (χ2n) is 4.98. The maximum atomic E-state index is 12.5.